The number of fused-ring (bicyclic) bond motifs is 9. The maximum Gasteiger partial charge on any atom is 0.0629 e. The van der Waals surface area contributed by atoms with Gasteiger partial charge in [0.25, 0.3) is 0 Å². The van der Waals surface area contributed by atoms with E-state index in [0.29, 0.717) is 0 Å². The second-order valence-corrected chi connectivity index (χ2v) is 18.5. The molecule has 12 aromatic rings. The Morgan fingerprint density at radius 2 is 0.690 bits per heavy atom. The molecule has 10 aromatic carbocycles. The highest BCUT2D eigenvalue weighted by Crippen LogP contribution is 2.51. The number of nitrogens with zero attached hydrogens (tertiary/aromatic N) is 5. The predicted molar refractivity (Wildman–Crippen MR) is 298 cm³/mol. The Morgan fingerprint density at radius 3 is 1.21 bits per heavy atom. The van der Waals surface area contributed by atoms with Gasteiger partial charge in [0.05, 0.1) is 28.1 Å². The van der Waals surface area contributed by atoms with E-state index in [1.807, 2.05) is 0 Å². The molecule has 71 heavy (non-hydrogen) atoms. The minimum absolute atomic E-state index is 0.208. The van der Waals surface area contributed by atoms with E-state index in [-0.39, 0.29) is 12.0 Å². The summed E-state index contributed by atoms with van der Waals surface area (Å²) in [7, 11) is 0. The predicted octanol–water partition coefficient (Wildman–Crippen LogP) is 17.6. The number of rotatable bonds is 9. The molecule has 1 aliphatic carbocycles. The summed E-state index contributed by atoms with van der Waals surface area (Å²) in [6.07, 6.45) is 9.10. The van der Waals surface area contributed by atoms with Crippen molar-refractivity contribution in [1.82, 2.24) is 9.13 Å². The fourth-order valence-electron chi connectivity index (χ4n) is 11.5. The zero-order chi connectivity index (χ0) is 46.8. The van der Waals surface area contributed by atoms with Crippen molar-refractivity contribution in [2.75, 3.05) is 14.7 Å². The van der Waals surface area contributed by atoms with Crippen molar-refractivity contribution < 1.29 is 0 Å². The molecule has 0 saturated heterocycles. The van der Waals surface area contributed by atoms with Gasteiger partial charge >= 0.3 is 0 Å². The molecule has 0 radical (unpaired) electrons. The molecule has 2 unspecified atom stereocenters. The van der Waals surface area contributed by atoms with Gasteiger partial charge in [0.2, 0.25) is 0 Å². The van der Waals surface area contributed by atoms with Gasteiger partial charge in [-0.25, -0.2) is 0 Å². The molecule has 0 N–H and O–H groups in total. The molecule has 0 bridgehead atoms. The van der Waals surface area contributed by atoms with Crippen LogP contribution in [-0.4, -0.2) is 15.2 Å². The Balaban J connectivity index is 0.959. The summed E-state index contributed by atoms with van der Waals surface area (Å²) >= 11 is 0. The van der Waals surface area contributed by atoms with Crippen molar-refractivity contribution in [3.63, 3.8) is 0 Å². The van der Waals surface area contributed by atoms with E-state index >= 15 is 0 Å². The number of aromatic nitrogens is 2. The maximum absolute atomic E-state index is 2.50. The Morgan fingerprint density at radius 1 is 0.296 bits per heavy atom. The van der Waals surface area contributed by atoms with Crippen LogP contribution in [0.15, 0.2) is 273 Å². The smallest absolute Gasteiger partial charge is 0.0629 e. The summed E-state index contributed by atoms with van der Waals surface area (Å²) in [5, 5.41) is 4.78. The normalized spacial score (nSPS) is 14.9. The van der Waals surface area contributed by atoms with Gasteiger partial charge in [-0.05, 0) is 145 Å². The highest BCUT2D eigenvalue weighted by atomic mass is 15.2. The summed E-state index contributed by atoms with van der Waals surface area (Å²) < 4.78 is 4.80. The van der Waals surface area contributed by atoms with Gasteiger partial charge in [0.15, 0.2) is 0 Å². The minimum atomic E-state index is 0.208. The lowest BCUT2D eigenvalue weighted by atomic mass is 9.91. The molecule has 2 atom stereocenters. The zero-order valence-electron chi connectivity index (χ0n) is 38.9. The number of allylic oxidation sites excluding steroid dienone is 2. The highest BCUT2D eigenvalue weighted by Gasteiger charge is 2.38. The molecule has 0 saturated carbocycles. The molecule has 5 heteroatoms. The third-order valence-electron chi connectivity index (χ3n) is 14.5. The van der Waals surface area contributed by atoms with Crippen LogP contribution in [0.4, 0.5) is 45.5 Å². The van der Waals surface area contributed by atoms with Gasteiger partial charge in [0.1, 0.15) is 0 Å². The van der Waals surface area contributed by atoms with Crippen LogP contribution >= 0.6 is 0 Å². The van der Waals surface area contributed by atoms with E-state index in [4.69, 9.17) is 0 Å². The first-order valence-corrected chi connectivity index (χ1v) is 24.5. The topological polar surface area (TPSA) is 19.6 Å². The third kappa shape index (κ3) is 6.69. The summed E-state index contributed by atoms with van der Waals surface area (Å²) in [5.41, 5.74) is 17.3. The molecule has 2 aromatic heterocycles. The van der Waals surface area contributed by atoms with Crippen LogP contribution < -0.4 is 14.7 Å². The van der Waals surface area contributed by atoms with Crippen molar-refractivity contribution in [2.45, 2.75) is 12.0 Å². The monoisotopic (exact) mass is 909 g/mol. The Kier molecular flexibility index (Phi) is 9.59. The number of hydrogen-bond acceptors (Lipinski definition) is 3. The first-order chi connectivity index (χ1) is 35.2. The van der Waals surface area contributed by atoms with E-state index in [1.54, 1.807) is 0 Å². The molecule has 5 nitrogen and oxygen atoms in total. The molecular weight excluding hydrogens is 863 g/mol. The van der Waals surface area contributed by atoms with Crippen LogP contribution in [0.2, 0.25) is 0 Å². The van der Waals surface area contributed by atoms with Crippen LogP contribution in [0, 0.1) is 0 Å². The standard InChI is InChI=1S/C66H47N5/c1-6-20-46(21-7-1)67(51-34-38-63-57(42-51)55-30-16-18-32-61(55)69(63)48-24-10-3-11-25-48)53-36-40-65-59(44-53)60-45-54(37-41-66(60)71(65)50-28-14-5-15-29-50)68(47-22-8-2-9-23-47)52-35-39-64-58(43-52)56-31-17-19-33-62(56)70(64)49-26-12-4-13-27-49/h1-45,55,61H. The Bertz CT molecular complexity index is 4010. The average Bonchev–Trinajstić information content (AvgIpc) is 4.07. The van der Waals surface area contributed by atoms with E-state index in [2.05, 4.69) is 297 Å². The van der Waals surface area contributed by atoms with Crippen LogP contribution in [0.5, 0.6) is 0 Å². The first-order valence-electron chi connectivity index (χ1n) is 24.5. The Hall–Kier alpha value is -9.32. The summed E-state index contributed by atoms with van der Waals surface area (Å²) in [6, 6.07) is 90.8. The van der Waals surface area contributed by atoms with Crippen LogP contribution in [0.1, 0.15) is 11.5 Å². The average molecular weight is 910 g/mol. The number of benzene rings is 10. The lowest BCUT2D eigenvalue weighted by Gasteiger charge is -2.28. The molecule has 0 fully saturated rings. The highest BCUT2D eigenvalue weighted by molar-refractivity contribution is 6.13. The van der Waals surface area contributed by atoms with Gasteiger partial charge in [-0.15, -0.1) is 0 Å². The Labute approximate surface area is 412 Å². The zero-order valence-corrected chi connectivity index (χ0v) is 38.9. The summed E-state index contributed by atoms with van der Waals surface area (Å²) in [5.74, 6) is 0.230. The number of hydrogen-bond donors (Lipinski definition) is 0. The molecular formula is C66H47N5. The molecule has 336 valence electrons. The van der Waals surface area contributed by atoms with Gasteiger partial charge < -0.3 is 23.8 Å². The van der Waals surface area contributed by atoms with Crippen molar-refractivity contribution in [3.8, 4) is 11.4 Å². The molecule has 3 heterocycles. The van der Waals surface area contributed by atoms with Crippen LogP contribution in [-0.2, 0) is 0 Å². The summed E-state index contributed by atoms with van der Waals surface area (Å²) in [4.78, 5) is 7.33. The first kappa shape index (κ1) is 40.7. The fraction of sp³-hybridized carbons (Fsp3) is 0.0303. The quantitative estimate of drug-likeness (QED) is 0.144. The minimum Gasteiger partial charge on any atom is -0.333 e. The van der Waals surface area contributed by atoms with Gasteiger partial charge in [-0.3, -0.25) is 0 Å². The lowest BCUT2D eigenvalue weighted by Crippen LogP contribution is -2.28. The summed E-state index contributed by atoms with van der Waals surface area (Å²) in [6.45, 7) is 0. The van der Waals surface area contributed by atoms with Gasteiger partial charge in [-0.2, -0.15) is 0 Å². The lowest BCUT2D eigenvalue weighted by molar-refractivity contribution is 0.745. The van der Waals surface area contributed by atoms with E-state index < -0.39 is 0 Å². The van der Waals surface area contributed by atoms with Crippen molar-refractivity contribution >= 4 is 89.1 Å². The number of anilines is 8. The van der Waals surface area contributed by atoms with Crippen molar-refractivity contribution in [1.29, 1.82) is 0 Å². The van der Waals surface area contributed by atoms with Crippen LogP contribution in [0.3, 0.4) is 0 Å². The van der Waals surface area contributed by atoms with Crippen molar-refractivity contribution in [3.05, 3.63) is 279 Å². The largest absolute Gasteiger partial charge is 0.333 e. The van der Waals surface area contributed by atoms with Gasteiger partial charge in [-0.1, -0.05) is 133 Å². The SMILES string of the molecule is C1=CC2c3cc(N(c4ccccc4)c4ccc5c(c4)c4cc(N(c6ccccc6)c6ccc7c(c6)c6ccccc6n7-c6ccccc6)ccc4n5-c4ccccc4)ccc3N(c3ccccc3)C2C=C1. The van der Waals surface area contributed by atoms with E-state index in [9.17, 15) is 0 Å². The second kappa shape index (κ2) is 16.7. The van der Waals surface area contributed by atoms with Gasteiger partial charge in [0, 0.05) is 84.3 Å². The fourth-order valence-corrected chi connectivity index (χ4v) is 11.5. The molecule has 14 rings (SSSR count). The number of para-hydroxylation sites is 6. The molecule has 0 amide bonds. The molecule has 0 spiro atoms. The molecule has 1 aliphatic heterocycles. The van der Waals surface area contributed by atoms with E-state index in [1.165, 1.54) is 49.5 Å². The maximum atomic E-state index is 2.50. The second-order valence-electron chi connectivity index (χ2n) is 18.5. The van der Waals surface area contributed by atoms with E-state index in [0.717, 1.165) is 56.5 Å². The van der Waals surface area contributed by atoms with Crippen LogP contribution in [0.25, 0.3) is 55.0 Å². The van der Waals surface area contributed by atoms with Crippen molar-refractivity contribution in [2.24, 2.45) is 0 Å². The molecule has 2 aliphatic rings. The third-order valence-corrected chi connectivity index (χ3v) is 14.5.